The highest BCUT2D eigenvalue weighted by Gasteiger charge is 2.21. The molecule has 0 aliphatic rings. The van der Waals surface area contributed by atoms with E-state index >= 15 is 0 Å². The van der Waals surface area contributed by atoms with Crippen LogP contribution in [0.2, 0.25) is 5.02 Å². The number of hydrogen-bond acceptors (Lipinski definition) is 5. The third-order valence-corrected chi connectivity index (χ3v) is 2.83. The first-order valence-electron chi connectivity index (χ1n) is 5.71. The summed E-state index contributed by atoms with van der Waals surface area (Å²) in [6.07, 6.45) is 0. The van der Waals surface area contributed by atoms with E-state index in [4.69, 9.17) is 21.4 Å². The van der Waals surface area contributed by atoms with Crippen LogP contribution >= 0.6 is 11.6 Å². The van der Waals surface area contributed by atoms with Crippen LogP contribution in [0.5, 0.6) is 11.6 Å². The van der Waals surface area contributed by atoms with Gasteiger partial charge < -0.3 is 9.84 Å². The highest BCUT2D eigenvalue weighted by Crippen LogP contribution is 2.32. The lowest BCUT2D eigenvalue weighted by Crippen LogP contribution is -2.04. The maximum absolute atomic E-state index is 10.9. The average molecular weight is 309 g/mol. The third kappa shape index (κ3) is 3.26. The lowest BCUT2D eigenvalue weighted by atomic mass is 10.2. The first-order chi connectivity index (χ1) is 9.88. The number of nitrogens with zero attached hydrogens (tertiary/aromatic N) is 2. The topological polar surface area (TPSA) is 103 Å². The molecule has 2 rings (SSSR count). The Morgan fingerprint density at radius 1 is 1.38 bits per heavy atom. The van der Waals surface area contributed by atoms with Crippen molar-refractivity contribution in [1.82, 2.24) is 4.98 Å². The SMILES string of the molecule is Cc1cc(Cl)ccc1Oc1nc(C(=O)O)ccc1[N+](=O)[O-]. The van der Waals surface area contributed by atoms with Gasteiger partial charge in [0.15, 0.2) is 5.69 Å². The van der Waals surface area contributed by atoms with Gasteiger partial charge in [-0.15, -0.1) is 0 Å². The molecule has 2 aromatic rings. The zero-order valence-corrected chi connectivity index (χ0v) is 11.5. The van der Waals surface area contributed by atoms with E-state index < -0.39 is 16.6 Å². The van der Waals surface area contributed by atoms with E-state index in [1.165, 1.54) is 6.07 Å². The zero-order chi connectivity index (χ0) is 15.6. The Labute approximate surface area is 123 Å². The molecule has 0 bridgehead atoms. The largest absolute Gasteiger partial charge is 0.477 e. The fraction of sp³-hybridized carbons (Fsp3) is 0.0769. The number of aromatic nitrogens is 1. The molecule has 0 spiro atoms. The minimum Gasteiger partial charge on any atom is -0.477 e. The summed E-state index contributed by atoms with van der Waals surface area (Å²) in [4.78, 5) is 24.8. The molecule has 0 saturated carbocycles. The number of aromatic carboxylic acids is 1. The molecule has 1 heterocycles. The second-order valence-electron chi connectivity index (χ2n) is 4.09. The van der Waals surface area contributed by atoms with E-state index in [0.29, 0.717) is 16.3 Å². The summed E-state index contributed by atoms with van der Waals surface area (Å²) >= 11 is 5.81. The molecule has 7 nitrogen and oxygen atoms in total. The van der Waals surface area contributed by atoms with Gasteiger partial charge in [-0.05, 0) is 36.8 Å². The quantitative estimate of drug-likeness (QED) is 0.685. The summed E-state index contributed by atoms with van der Waals surface area (Å²) in [5.74, 6) is -1.38. The molecule has 21 heavy (non-hydrogen) atoms. The number of carboxylic acid groups (broad SMARTS) is 1. The van der Waals surface area contributed by atoms with Gasteiger partial charge in [0.25, 0.3) is 5.88 Å². The average Bonchev–Trinajstić information content (AvgIpc) is 2.41. The minimum atomic E-state index is -1.30. The number of pyridine rings is 1. The van der Waals surface area contributed by atoms with Crippen molar-refractivity contribution in [1.29, 1.82) is 0 Å². The van der Waals surface area contributed by atoms with E-state index in [9.17, 15) is 14.9 Å². The summed E-state index contributed by atoms with van der Waals surface area (Å²) in [5.41, 5.74) is -0.129. The highest BCUT2D eigenvalue weighted by atomic mass is 35.5. The monoisotopic (exact) mass is 308 g/mol. The first kappa shape index (κ1) is 14.7. The molecular formula is C13H9ClN2O5. The van der Waals surface area contributed by atoms with Crippen molar-refractivity contribution in [3.63, 3.8) is 0 Å². The number of nitro groups is 1. The van der Waals surface area contributed by atoms with Gasteiger partial charge in [-0.25, -0.2) is 4.79 Å². The van der Waals surface area contributed by atoms with E-state index in [1.807, 2.05) is 0 Å². The lowest BCUT2D eigenvalue weighted by Gasteiger charge is -2.08. The molecule has 0 saturated heterocycles. The summed E-state index contributed by atoms with van der Waals surface area (Å²) in [6, 6.07) is 6.77. The molecule has 0 fully saturated rings. The second kappa shape index (κ2) is 5.76. The zero-order valence-electron chi connectivity index (χ0n) is 10.7. The molecule has 0 atom stereocenters. The van der Waals surface area contributed by atoms with Crippen molar-refractivity contribution in [2.75, 3.05) is 0 Å². The van der Waals surface area contributed by atoms with Gasteiger partial charge in [-0.3, -0.25) is 10.1 Å². The van der Waals surface area contributed by atoms with Crippen LogP contribution in [0.15, 0.2) is 30.3 Å². The van der Waals surface area contributed by atoms with Gasteiger partial charge in [0.1, 0.15) is 5.75 Å². The normalized spacial score (nSPS) is 10.2. The number of halogens is 1. The molecule has 0 aliphatic heterocycles. The van der Waals surface area contributed by atoms with E-state index in [-0.39, 0.29) is 11.6 Å². The molecule has 1 N–H and O–H groups in total. The Morgan fingerprint density at radius 2 is 2.10 bits per heavy atom. The summed E-state index contributed by atoms with van der Waals surface area (Å²) < 4.78 is 5.37. The van der Waals surface area contributed by atoms with E-state index in [1.54, 1.807) is 19.1 Å². The highest BCUT2D eigenvalue weighted by molar-refractivity contribution is 6.30. The van der Waals surface area contributed by atoms with Crippen molar-refractivity contribution in [3.8, 4) is 11.6 Å². The number of carboxylic acids is 1. The van der Waals surface area contributed by atoms with Gasteiger partial charge in [0.2, 0.25) is 0 Å². The Morgan fingerprint density at radius 3 is 2.67 bits per heavy atom. The standard InChI is InChI=1S/C13H9ClN2O5/c1-7-6-8(14)2-5-11(7)21-12-10(16(19)20)4-3-9(15-12)13(17)18/h2-6H,1H3,(H,17,18). The Hall–Kier alpha value is -2.67. The van der Waals surface area contributed by atoms with Crippen LogP contribution in [0.25, 0.3) is 0 Å². The number of carbonyl (C=O) groups is 1. The molecule has 8 heteroatoms. The smallest absolute Gasteiger partial charge is 0.354 e. The molecule has 1 aromatic carbocycles. The van der Waals surface area contributed by atoms with Gasteiger partial charge in [0, 0.05) is 11.1 Å². The number of aryl methyl sites for hydroxylation is 1. The van der Waals surface area contributed by atoms with E-state index in [2.05, 4.69) is 4.98 Å². The predicted molar refractivity (Wildman–Crippen MR) is 74.1 cm³/mol. The molecule has 0 unspecified atom stereocenters. The van der Waals surface area contributed by atoms with Crippen LogP contribution in [0.1, 0.15) is 16.1 Å². The second-order valence-corrected chi connectivity index (χ2v) is 4.53. The molecule has 0 amide bonds. The van der Waals surface area contributed by atoms with Crippen molar-refractivity contribution in [3.05, 3.63) is 56.7 Å². The Balaban J connectivity index is 2.48. The lowest BCUT2D eigenvalue weighted by molar-refractivity contribution is -0.386. The van der Waals surface area contributed by atoms with Crippen molar-refractivity contribution >= 4 is 23.3 Å². The third-order valence-electron chi connectivity index (χ3n) is 2.60. The van der Waals surface area contributed by atoms with Crippen molar-refractivity contribution in [2.45, 2.75) is 6.92 Å². The fourth-order valence-electron chi connectivity index (χ4n) is 1.60. The van der Waals surface area contributed by atoms with Crippen LogP contribution < -0.4 is 4.74 Å². The van der Waals surface area contributed by atoms with Crippen molar-refractivity contribution < 1.29 is 19.6 Å². The van der Waals surface area contributed by atoms with Gasteiger partial charge in [-0.1, -0.05) is 11.6 Å². The Kier molecular flexibility index (Phi) is 4.04. The number of hydrogen-bond donors (Lipinski definition) is 1. The number of rotatable bonds is 4. The van der Waals surface area contributed by atoms with Crippen LogP contribution in [0, 0.1) is 17.0 Å². The predicted octanol–water partition coefficient (Wildman–Crippen LogP) is 3.44. The van der Waals surface area contributed by atoms with Crippen molar-refractivity contribution in [2.24, 2.45) is 0 Å². The summed E-state index contributed by atoms with van der Waals surface area (Å²) in [5, 5.41) is 20.3. The van der Waals surface area contributed by atoms with Gasteiger partial charge >= 0.3 is 11.7 Å². The molecule has 1 aromatic heterocycles. The van der Waals surface area contributed by atoms with Gasteiger partial charge in [0.05, 0.1) is 4.92 Å². The van der Waals surface area contributed by atoms with Crippen LogP contribution in [0.4, 0.5) is 5.69 Å². The first-order valence-corrected chi connectivity index (χ1v) is 6.09. The molecule has 0 radical (unpaired) electrons. The maximum atomic E-state index is 10.9. The Bertz CT molecular complexity index is 732. The van der Waals surface area contributed by atoms with Gasteiger partial charge in [-0.2, -0.15) is 4.98 Å². The van der Waals surface area contributed by atoms with Crippen LogP contribution in [0.3, 0.4) is 0 Å². The molecule has 108 valence electrons. The number of ether oxygens (including phenoxy) is 1. The minimum absolute atomic E-state index is 0.303. The molecule has 0 aliphatic carbocycles. The number of benzene rings is 1. The molecular weight excluding hydrogens is 300 g/mol. The van der Waals surface area contributed by atoms with Crippen LogP contribution in [-0.2, 0) is 0 Å². The summed E-state index contributed by atoms with van der Waals surface area (Å²) in [7, 11) is 0. The van der Waals surface area contributed by atoms with Crippen LogP contribution in [-0.4, -0.2) is 21.0 Å². The fourth-order valence-corrected chi connectivity index (χ4v) is 1.82. The van der Waals surface area contributed by atoms with E-state index in [0.717, 1.165) is 12.1 Å². The summed E-state index contributed by atoms with van der Waals surface area (Å²) in [6.45, 7) is 1.70. The maximum Gasteiger partial charge on any atom is 0.354 e.